The topological polar surface area (TPSA) is 47.6 Å². The van der Waals surface area contributed by atoms with E-state index in [1.807, 2.05) is 6.92 Å². The Bertz CT molecular complexity index is 505. The van der Waals surface area contributed by atoms with E-state index in [2.05, 4.69) is 19.2 Å². The molecule has 0 aromatic heterocycles. The summed E-state index contributed by atoms with van der Waals surface area (Å²) < 4.78 is 10.9. The van der Waals surface area contributed by atoms with Crippen molar-refractivity contribution >= 4 is 23.2 Å². The Morgan fingerprint density at radius 3 is 2.59 bits per heavy atom. The fourth-order valence-corrected chi connectivity index (χ4v) is 2.45. The van der Waals surface area contributed by atoms with Gasteiger partial charge in [-0.25, -0.2) is 0 Å². The zero-order chi connectivity index (χ0) is 16.8. The third-order valence-corrected chi connectivity index (χ3v) is 3.68. The molecule has 0 bridgehead atoms. The summed E-state index contributed by atoms with van der Waals surface area (Å²) in [4.78, 5) is 12.5. The molecule has 5 heteroatoms. The second-order valence-corrected chi connectivity index (χ2v) is 6.39. The average molecular weight is 328 g/mol. The van der Waals surface area contributed by atoms with Crippen LogP contribution in [-0.2, 0) is 9.53 Å². The van der Waals surface area contributed by atoms with Crippen LogP contribution < -0.4 is 10.1 Å². The van der Waals surface area contributed by atoms with Gasteiger partial charge in [0.25, 0.3) is 5.91 Å². The second kappa shape index (κ2) is 8.39. The van der Waals surface area contributed by atoms with Crippen molar-refractivity contribution in [2.24, 2.45) is 5.92 Å². The van der Waals surface area contributed by atoms with Gasteiger partial charge in [0.15, 0.2) is 0 Å². The maximum absolute atomic E-state index is 12.5. The summed E-state index contributed by atoms with van der Waals surface area (Å²) in [5.74, 6) is 0.796. The van der Waals surface area contributed by atoms with Crippen molar-refractivity contribution in [2.45, 2.75) is 46.1 Å². The number of amides is 1. The molecular weight excluding hydrogens is 302 g/mol. The average Bonchev–Trinajstić information content (AvgIpc) is 2.45. The molecule has 0 radical (unpaired) electrons. The van der Waals surface area contributed by atoms with Crippen LogP contribution in [0.5, 0.6) is 5.75 Å². The predicted molar refractivity (Wildman–Crippen MR) is 90.7 cm³/mol. The van der Waals surface area contributed by atoms with Crippen LogP contribution in [0.2, 0.25) is 5.02 Å². The van der Waals surface area contributed by atoms with Crippen molar-refractivity contribution in [1.82, 2.24) is 0 Å². The fraction of sp³-hybridized carbons (Fsp3) is 0.588. The number of halogens is 1. The Morgan fingerprint density at radius 2 is 2.09 bits per heavy atom. The number of anilines is 1. The molecule has 1 N–H and O–H groups in total. The summed E-state index contributed by atoms with van der Waals surface area (Å²) >= 11 is 6.17. The van der Waals surface area contributed by atoms with E-state index in [0.717, 1.165) is 6.42 Å². The van der Waals surface area contributed by atoms with E-state index in [1.165, 1.54) is 0 Å². The van der Waals surface area contributed by atoms with Crippen molar-refractivity contribution in [3.63, 3.8) is 0 Å². The van der Waals surface area contributed by atoms with Gasteiger partial charge >= 0.3 is 0 Å². The first kappa shape index (κ1) is 18.8. The lowest BCUT2D eigenvalue weighted by atomic mass is 9.93. The smallest absolute Gasteiger partial charge is 0.256 e. The third kappa shape index (κ3) is 5.18. The molecule has 0 aliphatic heterocycles. The van der Waals surface area contributed by atoms with Gasteiger partial charge < -0.3 is 14.8 Å². The van der Waals surface area contributed by atoms with E-state index in [0.29, 0.717) is 35.4 Å². The van der Waals surface area contributed by atoms with Crippen molar-refractivity contribution in [3.8, 4) is 5.75 Å². The summed E-state index contributed by atoms with van der Waals surface area (Å²) in [6.07, 6.45) is 1.55. The number of hydrogen-bond acceptors (Lipinski definition) is 3. The lowest BCUT2D eigenvalue weighted by Gasteiger charge is -2.28. The molecule has 0 heterocycles. The molecule has 1 atom stereocenters. The maximum Gasteiger partial charge on any atom is 0.256 e. The molecular formula is C17H26ClNO3. The van der Waals surface area contributed by atoms with Crippen molar-refractivity contribution in [1.29, 1.82) is 0 Å². The number of rotatable bonds is 8. The van der Waals surface area contributed by atoms with Gasteiger partial charge in [-0.15, -0.1) is 0 Å². The number of benzene rings is 1. The van der Waals surface area contributed by atoms with Crippen LogP contribution in [0.25, 0.3) is 0 Å². The molecule has 0 spiro atoms. The highest BCUT2D eigenvalue weighted by Crippen LogP contribution is 2.29. The number of ether oxygens (including phenoxy) is 2. The summed E-state index contributed by atoms with van der Waals surface area (Å²) in [7, 11) is 1.55. The Balaban J connectivity index is 2.81. The van der Waals surface area contributed by atoms with E-state index in [4.69, 9.17) is 21.1 Å². The van der Waals surface area contributed by atoms with Gasteiger partial charge in [0.1, 0.15) is 11.4 Å². The zero-order valence-electron chi connectivity index (χ0n) is 14.0. The summed E-state index contributed by atoms with van der Waals surface area (Å²) in [5, 5.41) is 3.34. The number of carbonyl (C=O) groups is 1. The molecule has 1 aromatic rings. The standard InChI is InChI=1S/C17H26ClNO3/c1-6-9-22-15-8-7-13(10-14(15)18)19-16(20)17(4,21-5)11-12(2)3/h7-8,10,12H,6,9,11H2,1-5H3,(H,19,20). The number of nitrogens with one attached hydrogen (secondary N) is 1. The normalized spacial score (nSPS) is 13.8. The van der Waals surface area contributed by atoms with Crippen LogP contribution in [0.4, 0.5) is 5.69 Å². The van der Waals surface area contributed by atoms with Crippen LogP contribution in [0.3, 0.4) is 0 Å². The molecule has 0 aliphatic carbocycles. The van der Waals surface area contributed by atoms with Gasteiger partial charge in [0.05, 0.1) is 11.6 Å². The molecule has 1 rings (SSSR count). The fourth-order valence-electron chi connectivity index (χ4n) is 2.22. The highest BCUT2D eigenvalue weighted by Gasteiger charge is 2.33. The Hall–Kier alpha value is -1.26. The molecule has 0 aliphatic rings. The first-order valence-corrected chi connectivity index (χ1v) is 7.99. The van der Waals surface area contributed by atoms with E-state index < -0.39 is 5.60 Å². The van der Waals surface area contributed by atoms with E-state index in [9.17, 15) is 4.79 Å². The van der Waals surface area contributed by atoms with Crippen molar-refractivity contribution < 1.29 is 14.3 Å². The van der Waals surface area contributed by atoms with E-state index >= 15 is 0 Å². The first-order valence-electron chi connectivity index (χ1n) is 7.61. The molecule has 0 saturated heterocycles. The van der Waals surface area contributed by atoms with Crippen LogP contribution in [0.1, 0.15) is 40.5 Å². The quantitative estimate of drug-likeness (QED) is 0.763. The number of methoxy groups -OCH3 is 1. The SMILES string of the molecule is CCCOc1ccc(NC(=O)C(C)(CC(C)C)OC)cc1Cl. The highest BCUT2D eigenvalue weighted by atomic mass is 35.5. The van der Waals surface area contributed by atoms with Crippen LogP contribution in [0, 0.1) is 5.92 Å². The monoisotopic (exact) mass is 327 g/mol. The largest absolute Gasteiger partial charge is 0.492 e. The zero-order valence-corrected chi connectivity index (χ0v) is 14.8. The molecule has 1 aromatic carbocycles. The molecule has 4 nitrogen and oxygen atoms in total. The first-order chi connectivity index (χ1) is 10.3. The number of carbonyl (C=O) groups excluding carboxylic acids is 1. The predicted octanol–water partition coefficient (Wildman–Crippen LogP) is 4.52. The minimum atomic E-state index is -0.863. The van der Waals surface area contributed by atoms with Gasteiger partial charge in [-0.2, -0.15) is 0 Å². The minimum Gasteiger partial charge on any atom is -0.492 e. The summed E-state index contributed by atoms with van der Waals surface area (Å²) in [5.41, 5.74) is -0.233. The van der Waals surface area contributed by atoms with Crippen molar-refractivity contribution in [3.05, 3.63) is 23.2 Å². The summed E-state index contributed by atoms with van der Waals surface area (Å²) in [6, 6.07) is 5.23. The molecule has 0 fully saturated rings. The number of hydrogen-bond donors (Lipinski definition) is 1. The molecule has 0 saturated carbocycles. The Labute approximate surface area is 138 Å². The van der Waals surface area contributed by atoms with Gasteiger partial charge in [-0.3, -0.25) is 4.79 Å². The van der Waals surface area contributed by atoms with Crippen LogP contribution in [-0.4, -0.2) is 25.2 Å². The second-order valence-electron chi connectivity index (χ2n) is 5.98. The lowest BCUT2D eigenvalue weighted by molar-refractivity contribution is -0.137. The van der Waals surface area contributed by atoms with Crippen LogP contribution in [0.15, 0.2) is 18.2 Å². The van der Waals surface area contributed by atoms with Crippen molar-refractivity contribution in [2.75, 3.05) is 19.0 Å². The highest BCUT2D eigenvalue weighted by molar-refractivity contribution is 6.32. The van der Waals surface area contributed by atoms with Gasteiger partial charge in [-0.05, 0) is 43.9 Å². The minimum absolute atomic E-state index is 0.179. The maximum atomic E-state index is 12.5. The van der Waals surface area contributed by atoms with E-state index in [1.54, 1.807) is 32.2 Å². The molecule has 1 amide bonds. The molecule has 22 heavy (non-hydrogen) atoms. The molecule has 124 valence electrons. The Morgan fingerprint density at radius 1 is 1.41 bits per heavy atom. The van der Waals surface area contributed by atoms with Gasteiger partial charge in [-0.1, -0.05) is 32.4 Å². The Kier molecular flexibility index (Phi) is 7.17. The molecule has 1 unspecified atom stereocenters. The summed E-state index contributed by atoms with van der Waals surface area (Å²) in [6.45, 7) is 8.55. The van der Waals surface area contributed by atoms with Crippen LogP contribution >= 0.6 is 11.6 Å². The third-order valence-electron chi connectivity index (χ3n) is 3.38. The lowest BCUT2D eigenvalue weighted by Crippen LogP contribution is -2.43. The van der Waals surface area contributed by atoms with Gasteiger partial charge in [0, 0.05) is 12.8 Å². The van der Waals surface area contributed by atoms with E-state index in [-0.39, 0.29) is 5.91 Å². The van der Waals surface area contributed by atoms with Gasteiger partial charge in [0.2, 0.25) is 0 Å².